The van der Waals surface area contributed by atoms with Crippen molar-refractivity contribution in [3.8, 4) is 0 Å². The van der Waals surface area contributed by atoms with E-state index < -0.39 is 5.97 Å². The lowest BCUT2D eigenvalue weighted by Crippen LogP contribution is -2.06. The highest BCUT2D eigenvalue weighted by Crippen LogP contribution is 2.27. The summed E-state index contributed by atoms with van der Waals surface area (Å²) >= 11 is 1.45. The molecule has 0 saturated carbocycles. The number of methoxy groups -OCH3 is 1. The number of carbonyl (C=O) groups is 1. The number of anilines is 1. The Bertz CT molecular complexity index is 648. The summed E-state index contributed by atoms with van der Waals surface area (Å²) in [6, 6.07) is 1.86. The molecular formula is C13H18N4O3S. The predicted molar refractivity (Wildman–Crippen MR) is 79.2 cm³/mol. The molecule has 2 aromatic rings. The molecule has 0 aliphatic heterocycles. The van der Waals surface area contributed by atoms with Crippen LogP contribution in [0.25, 0.3) is 0 Å². The Morgan fingerprint density at radius 1 is 1.52 bits per heavy atom. The van der Waals surface area contributed by atoms with E-state index in [1.807, 2.05) is 18.4 Å². The molecule has 0 atom stereocenters. The molecule has 2 rings (SSSR count). The van der Waals surface area contributed by atoms with Crippen LogP contribution in [0.2, 0.25) is 0 Å². The molecule has 0 aromatic carbocycles. The summed E-state index contributed by atoms with van der Waals surface area (Å²) in [6.07, 6.45) is 0. The molecule has 0 amide bonds. The van der Waals surface area contributed by atoms with Crippen molar-refractivity contribution in [2.75, 3.05) is 12.8 Å². The average Bonchev–Trinajstić information content (AvgIpc) is 2.98. The first-order valence-corrected chi connectivity index (χ1v) is 7.43. The SMILES string of the molecule is COC(=O)c1cc(CSc2nnc(N)n2C(C)C)oc1C. The quantitative estimate of drug-likeness (QED) is 0.669. The van der Waals surface area contributed by atoms with Gasteiger partial charge in [0, 0.05) is 6.04 Å². The number of esters is 1. The maximum Gasteiger partial charge on any atom is 0.341 e. The maximum atomic E-state index is 11.5. The molecule has 2 aromatic heterocycles. The molecule has 0 spiro atoms. The Morgan fingerprint density at radius 2 is 2.24 bits per heavy atom. The number of carbonyl (C=O) groups excluding carboxylic acids is 1. The first-order chi connectivity index (χ1) is 9.93. The minimum atomic E-state index is -0.401. The molecule has 0 radical (unpaired) electrons. The van der Waals surface area contributed by atoms with E-state index in [0.29, 0.717) is 28.8 Å². The van der Waals surface area contributed by atoms with Gasteiger partial charge in [0.2, 0.25) is 5.95 Å². The van der Waals surface area contributed by atoms with Crippen LogP contribution in [0, 0.1) is 6.92 Å². The summed E-state index contributed by atoms with van der Waals surface area (Å²) in [7, 11) is 1.34. The van der Waals surface area contributed by atoms with Crippen molar-refractivity contribution in [3.05, 3.63) is 23.2 Å². The number of ether oxygens (including phenoxy) is 1. The van der Waals surface area contributed by atoms with Crippen molar-refractivity contribution in [1.29, 1.82) is 0 Å². The first-order valence-electron chi connectivity index (χ1n) is 6.44. The van der Waals surface area contributed by atoms with E-state index >= 15 is 0 Å². The standard InChI is InChI=1S/C13H18N4O3S/c1-7(2)17-12(14)15-16-13(17)21-6-9-5-10(8(3)20-9)11(18)19-4/h5,7H,6H2,1-4H3,(H2,14,15). The van der Waals surface area contributed by atoms with E-state index in [9.17, 15) is 4.79 Å². The van der Waals surface area contributed by atoms with E-state index in [4.69, 9.17) is 14.9 Å². The van der Waals surface area contributed by atoms with Crippen LogP contribution >= 0.6 is 11.8 Å². The van der Waals surface area contributed by atoms with Crippen molar-refractivity contribution >= 4 is 23.7 Å². The summed E-state index contributed by atoms with van der Waals surface area (Å²) in [5.74, 6) is 1.74. The van der Waals surface area contributed by atoms with Crippen LogP contribution < -0.4 is 5.73 Å². The Morgan fingerprint density at radius 3 is 2.86 bits per heavy atom. The zero-order valence-electron chi connectivity index (χ0n) is 12.4. The third kappa shape index (κ3) is 3.21. The van der Waals surface area contributed by atoms with Crippen LogP contribution in [-0.4, -0.2) is 27.8 Å². The summed E-state index contributed by atoms with van der Waals surface area (Å²) in [4.78, 5) is 11.5. The fourth-order valence-corrected chi connectivity index (χ4v) is 2.89. The fourth-order valence-electron chi connectivity index (χ4n) is 1.94. The number of furan rings is 1. The predicted octanol–water partition coefficient (Wildman–Crippen LogP) is 2.42. The zero-order valence-corrected chi connectivity index (χ0v) is 13.2. The number of rotatable bonds is 5. The summed E-state index contributed by atoms with van der Waals surface area (Å²) in [5.41, 5.74) is 6.23. The highest BCUT2D eigenvalue weighted by molar-refractivity contribution is 7.98. The molecule has 2 N–H and O–H groups in total. The number of thioether (sulfide) groups is 1. The van der Waals surface area contributed by atoms with Crippen molar-refractivity contribution in [1.82, 2.24) is 14.8 Å². The number of nitrogens with zero attached hydrogens (tertiary/aromatic N) is 3. The number of aryl methyl sites for hydroxylation is 1. The number of hydrogen-bond donors (Lipinski definition) is 1. The highest BCUT2D eigenvalue weighted by Gasteiger charge is 2.17. The normalized spacial score (nSPS) is 11.1. The van der Waals surface area contributed by atoms with Gasteiger partial charge in [0.25, 0.3) is 0 Å². The second-order valence-electron chi connectivity index (χ2n) is 4.77. The van der Waals surface area contributed by atoms with Gasteiger partial charge >= 0.3 is 5.97 Å². The molecule has 2 heterocycles. The average molecular weight is 310 g/mol. The largest absolute Gasteiger partial charge is 0.465 e. The minimum Gasteiger partial charge on any atom is -0.465 e. The van der Waals surface area contributed by atoms with E-state index in [0.717, 1.165) is 5.16 Å². The minimum absolute atomic E-state index is 0.173. The van der Waals surface area contributed by atoms with Crippen molar-refractivity contribution in [3.63, 3.8) is 0 Å². The van der Waals surface area contributed by atoms with Crippen LogP contribution in [0.3, 0.4) is 0 Å². The lowest BCUT2D eigenvalue weighted by atomic mass is 10.2. The van der Waals surface area contributed by atoms with Crippen LogP contribution in [0.1, 0.15) is 41.8 Å². The van der Waals surface area contributed by atoms with Gasteiger partial charge in [-0.1, -0.05) is 11.8 Å². The van der Waals surface area contributed by atoms with E-state index in [2.05, 4.69) is 10.2 Å². The Balaban J connectivity index is 2.12. The van der Waals surface area contributed by atoms with Gasteiger partial charge in [0.1, 0.15) is 17.1 Å². The van der Waals surface area contributed by atoms with E-state index in [1.54, 1.807) is 13.0 Å². The number of aromatic nitrogens is 3. The van der Waals surface area contributed by atoms with Gasteiger partial charge in [0.15, 0.2) is 5.16 Å². The number of nitrogens with two attached hydrogens (primary N) is 1. The summed E-state index contributed by atoms with van der Waals surface area (Å²) in [6.45, 7) is 5.75. The highest BCUT2D eigenvalue weighted by atomic mass is 32.2. The Hall–Kier alpha value is -1.96. The van der Waals surface area contributed by atoms with Gasteiger partial charge < -0.3 is 14.9 Å². The number of nitrogen functional groups attached to an aromatic ring is 1. The summed E-state index contributed by atoms with van der Waals surface area (Å²) < 4.78 is 12.1. The first kappa shape index (κ1) is 15.4. The van der Waals surface area contributed by atoms with Crippen LogP contribution in [0.4, 0.5) is 5.95 Å². The van der Waals surface area contributed by atoms with Gasteiger partial charge in [-0.15, -0.1) is 10.2 Å². The second kappa shape index (κ2) is 6.21. The van der Waals surface area contributed by atoms with Crippen molar-refractivity contribution < 1.29 is 13.9 Å². The molecule has 21 heavy (non-hydrogen) atoms. The lowest BCUT2D eigenvalue weighted by Gasteiger charge is -2.10. The van der Waals surface area contributed by atoms with Gasteiger partial charge in [-0.25, -0.2) is 4.79 Å². The molecule has 114 valence electrons. The molecule has 0 bridgehead atoms. The van der Waals surface area contributed by atoms with Gasteiger partial charge in [0.05, 0.1) is 12.9 Å². The lowest BCUT2D eigenvalue weighted by molar-refractivity contribution is 0.0599. The topological polar surface area (TPSA) is 96.2 Å². The zero-order chi connectivity index (χ0) is 15.6. The molecule has 0 aliphatic carbocycles. The molecule has 0 fully saturated rings. The smallest absolute Gasteiger partial charge is 0.341 e. The molecule has 8 heteroatoms. The molecule has 7 nitrogen and oxygen atoms in total. The van der Waals surface area contributed by atoms with Gasteiger partial charge in [-0.2, -0.15) is 0 Å². The van der Waals surface area contributed by atoms with Crippen LogP contribution in [0.15, 0.2) is 15.6 Å². The molecular weight excluding hydrogens is 292 g/mol. The Kier molecular flexibility index (Phi) is 4.56. The van der Waals surface area contributed by atoms with Crippen LogP contribution in [-0.2, 0) is 10.5 Å². The maximum absolute atomic E-state index is 11.5. The Labute approximate surface area is 126 Å². The third-order valence-corrected chi connectivity index (χ3v) is 3.89. The van der Waals surface area contributed by atoms with Gasteiger partial charge in [-0.05, 0) is 26.8 Å². The van der Waals surface area contributed by atoms with Crippen LogP contribution in [0.5, 0.6) is 0 Å². The van der Waals surface area contributed by atoms with Crippen molar-refractivity contribution in [2.45, 2.75) is 37.7 Å². The van der Waals surface area contributed by atoms with E-state index in [-0.39, 0.29) is 6.04 Å². The fraction of sp³-hybridized carbons (Fsp3) is 0.462. The number of hydrogen-bond acceptors (Lipinski definition) is 7. The third-order valence-electron chi connectivity index (χ3n) is 2.92. The summed E-state index contributed by atoms with van der Waals surface area (Å²) in [5, 5.41) is 8.65. The van der Waals surface area contributed by atoms with E-state index in [1.165, 1.54) is 18.9 Å². The molecule has 0 aliphatic rings. The molecule has 0 saturated heterocycles. The van der Waals surface area contributed by atoms with Gasteiger partial charge in [-0.3, -0.25) is 4.57 Å². The molecule has 0 unspecified atom stereocenters. The van der Waals surface area contributed by atoms with Crippen molar-refractivity contribution in [2.24, 2.45) is 0 Å². The second-order valence-corrected chi connectivity index (χ2v) is 5.71. The monoisotopic (exact) mass is 310 g/mol.